The maximum absolute atomic E-state index is 13.8. The van der Waals surface area contributed by atoms with Crippen molar-refractivity contribution in [1.29, 1.82) is 0 Å². The van der Waals surface area contributed by atoms with Crippen molar-refractivity contribution >= 4 is 56.0 Å². The molecule has 3 rings (SSSR count). The molecule has 37 heavy (non-hydrogen) atoms. The van der Waals surface area contributed by atoms with Crippen LogP contribution >= 0.6 is 11.3 Å². The second kappa shape index (κ2) is 11.3. The normalized spacial score (nSPS) is 23.6. The summed E-state index contributed by atoms with van der Waals surface area (Å²) in [4.78, 5) is 63.9. The van der Waals surface area contributed by atoms with Gasteiger partial charge in [-0.05, 0) is 12.1 Å². The van der Waals surface area contributed by atoms with Crippen LogP contribution in [-0.4, -0.2) is 73.7 Å². The van der Waals surface area contributed by atoms with E-state index in [1.54, 1.807) is 12.1 Å². The number of hydrogen-bond acceptors (Lipinski definition) is 14. The lowest BCUT2D eigenvalue weighted by molar-refractivity contribution is -0.238. The SMILES string of the molecule is CC(=O)OC[C@H]1O[C@@H](S(=O)(=O)c2nc3ccccc3c(=O)s2)[C@H](OC(C)=O)[C@@H](OC(C)=O)[C@@H]1OC(C)=O. The number of carbonyl (C=O) groups is 4. The van der Waals surface area contributed by atoms with E-state index in [0.29, 0.717) is 11.3 Å². The third-order valence-corrected chi connectivity index (χ3v) is 8.20. The molecule has 1 aromatic heterocycles. The molecule has 200 valence electrons. The van der Waals surface area contributed by atoms with Crippen molar-refractivity contribution in [2.75, 3.05) is 6.61 Å². The third kappa shape index (κ3) is 6.47. The molecule has 0 saturated carbocycles. The van der Waals surface area contributed by atoms with E-state index in [4.69, 9.17) is 23.7 Å². The van der Waals surface area contributed by atoms with Crippen LogP contribution < -0.4 is 4.74 Å². The Morgan fingerprint density at radius 1 is 0.892 bits per heavy atom. The van der Waals surface area contributed by atoms with E-state index in [2.05, 4.69) is 4.98 Å². The Hall–Kier alpha value is -3.43. The molecule has 0 N–H and O–H groups in total. The van der Waals surface area contributed by atoms with Gasteiger partial charge in [-0.2, -0.15) is 0 Å². The first kappa shape index (κ1) is 28.1. The van der Waals surface area contributed by atoms with Crippen LogP contribution in [-0.2, 0) is 52.7 Å². The van der Waals surface area contributed by atoms with Gasteiger partial charge in [-0.15, -0.1) is 0 Å². The van der Waals surface area contributed by atoms with E-state index in [9.17, 15) is 32.4 Å². The molecule has 13 nitrogen and oxygen atoms in total. The Bertz CT molecular complexity index is 1390. The molecule has 15 heteroatoms. The summed E-state index contributed by atoms with van der Waals surface area (Å²) >= 11 is 0.321. The van der Waals surface area contributed by atoms with Gasteiger partial charge in [0.1, 0.15) is 12.7 Å². The zero-order valence-electron chi connectivity index (χ0n) is 20.1. The van der Waals surface area contributed by atoms with Crippen molar-refractivity contribution in [3.63, 3.8) is 0 Å². The van der Waals surface area contributed by atoms with Gasteiger partial charge in [0.05, 0.1) is 10.9 Å². The molecule has 1 fully saturated rings. The lowest BCUT2D eigenvalue weighted by Crippen LogP contribution is -2.64. The third-order valence-electron chi connectivity index (χ3n) is 5.01. The van der Waals surface area contributed by atoms with Crippen LogP contribution in [0.5, 0.6) is 0 Å². The van der Waals surface area contributed by atoms with Gasteiger partial charge in [0.15, 0.2) is 18.3 Å². The molecule has 1 aromatic carbocycles. The number of para-hydroxylation sites is 1. The first-order valence-electron chi connectivity index (χ1n) is 10.8. The molecule has 0 aliphatic carbocycles. The Labute approximate surface area is 214 Å². The van der Waals surface area contributed by atoms with Crippen LogP contribution in [0.25, 0.3) is 10.9 Å². The fraction of sp³-hybridized carbons (Fsp3) is 0.455. The minimum Gasteiger partial charge on any atom is -0.463 e. The van der Waals surface area contributed by atoms with Crippen molar-refractivity contribution in [3.05, 3.63) is 33.8 Å². The smallest absolute Gasteiger partial charge is 0.303 e. The maximum atomic E-state index is 13.8. The van der Waals surface area contributed by atoms with E-state index >= 15 is 0 Å². The molecule has 1 saturated heterocycles. The van der Waals surface area contributed by atoms with E-state index < -0.39 is 79.3 Å². The van der Waals surface area contributed by atoms with Gasteiger partial charge >= 0.3 is 23.9 Å². The van der Waals surface area contributed by atoms with Crippen molar-refractivity contribution in [1.82, 2.24) is 4.98 Å². The van der Waals surface area contributed by atoms with E-state index in [-0.39, 0.29) is 10.9 Å². The number of esters is 4. The molecule has 0 spiro atoms. The predicted octanol–water partition coefficient (Wildman–Crippen LogP) is 0.513. The van der Waals surface area contributed by atoms with Crippen molar-refractivity contribution < 1.29 is 51.3 Å². The lowest BCUT2D eigenvalue weighted by Gasteiger charge is -2.43. The average Bonchev–Trinajstić information content (AvgIpc) is 2.79. The van der Waals surface area contributed by atoms with E-state index in [1.807, 2.05) is 0 Å². The zero-order chi connectivity index (χ0) is 27.5. The molecule has 1 aliphatic rings. The number of hydrogen-bond donors (Lipinski definition) is 0. The molecule has 2 heterocycles. The molecular formula is C22H23NO12S2. The van der Waals surface area contributed by atoms with Crippen LogP contribution in [0, 0.1) is 0 Å². The summed E-state index contributed by atoms with van der Waals surface area (Å²) < 4.78 is 52.6. The quantitative estimate of drug-likeness (QED) is 0.340. The van der Waals surface area contributed by atoms with E-state index in [0.717, 1.165) is 27.7 Å². The average molecular weight is 558 g/mol. The summed E-state index contributed by atoms with van der Waals surface area (Å²) in [7, 11) is -4.73. The number of aromatic nitrogens is 1. The van der Waals surface area contributed by atoms with Gasteiger partial charge in [0, 0.05) is 27.7 Å². The lowest BCUT2D eigenvalue weighted by atomic mass is 9.99. The van der Waals surface area contributed by atoms with Crippen molar-refractivity contribution in [3.8, 4) is 0 Å². The number of fused-ring (bicyclic) bond motifs is 1. The predicted molar refractivity (Wildman–Crippen MR) is 125 cm³/mol. The van der Waals surface area contributed by atoms with Crippen molar-refractivity contribution in [2.45, 2.75) is 61.9 Å². The summed E-state index contributed by atoms with van der Waals surface area (Å²) in [6.07, 6.45) is -6.53. The highest BCUT2D eigenvalue weighted by Gasteiger charge is 2.57. The van der Waals surface area contributed by atoms with Crippen LogP contribution in [0.1, 0.15) is 27.7 Å². The monoisotopic (exact) mass is 557 g/mol. The zero-order valence-corrected chi connectivity index (χ0v) is 21.7. The molecule has 0 radical (unpaired) electrons. The number of carbonyl (C=O) groups excluding carboxylic acids is 4. The second-order valence-corrected chi connectivity index (χ2v) is 11.1. The number of rotatable bonds is 7. The maximum Gasteiger partial charge on any atom is 0.303 e. The molecule has 5 atom stereocenters. The first-order chi connectivity index (χ1) is 17.3. The summed E-state index contributed by atoms with van der Waals surface area (Å²) in [5, 5.41) is 0.188. The highest BCUT2D eigenvalue weighted by Crippen LogP contribution is 2.34. The van der Waals surface area contributed by atoms with Crippen LogP contribution in [0.15, 0.2) is 33.4 Å². The van der Waals surface area contributed by atoms with Crippen LogP contribution in [0.4, 0.5) is 0 Å². The first-order valence-corrected chi connectivity index (χ1v) is 13.1. The minimum absolute atomic E-state index is 0.0930. The number of sulfone groups is 1. The molecule has 1 aliphatic heterocycles. The summed E-state index contributed by atoms with van der Waals surface area (Å²) in [6.45, 7) is 3.50. The summed E-state index contributed by atoms with van der Waals surface area (Å²) in [6, 6.07) is 6.07. The topological polar surface area (TPSA) is 179 Å². The number of ether oxygens (including phenoxy) is 5. The number of benzene rings is 1. The molecule has 0 unspecified atom stereocenters. The van der Waals surface area contributed by atoms with Crippen molar-refractivity contribution in [2.24, 2.45) is 0 Å². The Kier molecular flexibility index (Phi) is 8.60. The van der Waals surface area contributed by atoms with Crippen LogP contribution in [0.3, 0.4) is 0 Å². The van der Waals surface area contributed by atoms with Gasteiger partial charge in [-0.1, -0.05) is 23.5 Å². The minimum atomic E-state index is -4.73. The molecule has 0 bridgehead atoms. The largest absolute Gasteiger partial charge is 0.463 e. The Morgan fingerprint density at radius 2 is 1.46 bits per heavy atom. The highest BCUT2D eigenvalue weighted by atomic mass is 32.2. The highest BCUT2D eigenvalue weighted by molar-refractivity contribution is 7.93. The van der Waals surface area contributed by atoms with Gasteiger partial charge < -0.3 is 23.7 Å². The molecular weight excluding hydrogens is 534 g/mol. The fourth-order valence-corrected chi connectivity index (χ4v) is 6.50. The number of nitrogens with zero attached hydrogens (tertiary/aromatic N) is 1. The molecule has 2 aromatic rings. The van der Waals surface area contributed by atoms with Crippen LogP contribution in [0.2, 0.25) is 0 Å². The standard InChI is InChI=1S/C22H23NO12S2/c1-10(24)31-9-16-17(32-11(2)25)18(33-12(3)26)19(34-13(4)27)21(35-16)37(29,30)22-23-15-8-6-5-7-14(15)20(28)36-22/h5-8,16-19,21H,9H2,1-4H3/t16-,17-,18+,19-,21+/m1/s1. The fourth-order valence-electron chi connectivity index (χ4n) is 3.66. The van der Waals surface area contributed by atoms with Gasteiger partial charge in [-0.25, -0.2) is 13.4 Å². The van der Waals surface area contributed by atoms with Gasteiger partial charge in [0.25, 0.3) is 0 Å². The van der Waals surface area contributed by atoms with E-state index in [1.165, 1.54) is 12.1 Å². The summed E-state index contributed by atoms with van der Waals surface area (Å²) in [5.74, 6) is -3.51. The summed E-state index contributed by atoms with van der Waals surface area (Å²) in [5.41, 5.74) is -1.99. The Balaban J connectivity index is 2.18. The van der Waals surface area contributed by atoms with Gasteiger partial charge in [-0.3, -0.25) is 24.0 Å². The second-order valence-electron chi connectivity index (χ2n) is 7.90. The Morgan fingerprint density at radius 3 is 2.05 bits per heavy atom. The van der Waals surface area contributed by atoms with Gasteiger partial charge in [0.2, 0.25) is 24.4 Å². The molecule has 0 amide bonds.